The summed E-state index contributed by atoms with van der Waals surface area (Å²) in [6, 6.07) is 7.89. The van der Waals surface area contributed by atoms with E-state index in [1.54, 1.807) is 6.92 Å². The molecular formula is C15H18N2O2. The lowest BCUT2D eigenvalue weighted by Gasteiger charge is -2.06. The number of rotatable bonds is 4. The maximum Gasteiger partial charge on any atom is 0.224 e. The van der Waals surface area contributed by atoms with E-state index in [0.717, 1.165) is 22.6 Å². The molecule has 0 bridgehead atoms. The molecule has 2 rings (SSSR count). The predicted octanol–water partition coefficient (Wildman–Crippen LogP) is 2.46. The van der Waals surface area contributed by atoms with Crippen molar-refractivity contribution in [3.8, 4) is 0 Å². The maximum atomic E-state index is 11.9. The van der Waals surface area contributed by atoms with Crippen LogP contribution in [0.4, 0.5) is 0 Å². The summed E-state index contributed by atoms with van der Waals surface area (Å²) in [5.74, 6) is 1.33. The van der Waals surface area contributed by atoms with Crippen molar-refractivity contribution in [3.05, 3.63) is 52.7 Å². The minimum Gasteiger partial charge on any atom is -0.444 e. The van der Waals surface area contributed by atoms with E-state index >= 15 is 0 Å². The zero-order valence-electron chi connectivity index (χ0n) is 11.5. The van der Waals surface area contributed by atoms with Crippen molar-refractivity contribution in [1.29, 1.82) is 0 Å². The van der Waals surface area contributed by atoms with Crippen molar-refractivity contribution in [2.45, 2.75) is 33.7 Å². The quantitative estimate of drug-likeness (QED) is 0.916. The number of hydrogen-bond donors (Lipinski definition) is 1. The highest BCUT2D eigenvalue weighted by Gasteiger charge is 2.09. The zero-order chi connectivity index (χ0) is 13.8. The fourth-order valence-corrected chi connectivity index (χ4v) is 1.96. The van der Waals surface area contributed by atoms with Crippen molar-refractivity contribution >= 4 is 5.91 Å². The molecule has 4 nitrogen and oxygen atoms in total. The van der Waals surface area contributed by atoms with E-state index in [4.69, 9.17) is 4.42 Å². The number of nitrogens with zero attached hydrogens (tertiary/aromatic N) is 1. The zero-order valence-corrected chi connectivity index (χ0v) is 11.5. The summed E-state index contributed by atoms with van der Waals surface area (Å²) in [7, 11) is 0. The number of amides is 1. The first-order valence-corrected chi connectivity index (χ1v) is 6.30. The molecule has 0 unspecified atom stereocenters. The van der Waals surface area contributed by atoms with Crippen LogP contribution in [0, 0.1) is 20.8 Å². The highest BCUT2D eigenvalue weighted by molar-refractivity contribution is 5.78. The molecule has 19 heavy (non-hydrogen) atoms. The fraction of sp³-hybridized carbons (Fsp3) is 0.333. The summed E-state index contributed by atoms with van der Waals surface area (Å²) in [6.07, 6.45) is 0.388. The van der Waals surface area contributed by atoms with Gasteiger partial charge in [0.05, 0.1) is 18.7 Å². The van der Waals surface area contributed by atoms with Crippen molar-refractivity contribution in [2.75, 3.05) is 0 Å². The molecule has 100 valence electrons. The Hall–Kier alpha value is -2.10. The maximum absolute atomic E-state index is 11.9. The third kappa shape index (κ3) is 3.44. The lowest BCUT2D eigenvalue weighted by molar-refractivity contribution is -0.120. The van der Waals surface area contributed by atoms with E-state index in [9.17, 15) is 4.79 Å². The molecule has 0 spiro atoms. The van der Waals surface area contributed by atoms with Gasteiger partial charge in [0, 0.05) is 6.92 Å². The SMILES string of the molecule is Cc1nc(C)c(CNC(=O)Cc2ccccc2C)o1. The minimum absolute atomic E-state index is 0.0113. The molecule has 4 heteroatoms. The molecule has 0 aliphatic heterocycles. The van der Waals surface area contributed by atoms with Crippen LogP contribution in [0.1, 0.15) is 28.5 Å². The summed E-state index contributed by atoms with van der Waals surface area (Å²) < 4.78 is 5.41. The van der Waals surface area contributed by atoms with Crippen molar-refractivity contribution in [1.82, 2.24) is 10.3 Å². The van der Waals surface area contributed by atoms with Crippen LogP contribution in [-0.4, -0.2) is 10.9 Å². The number of benzene rings is 1. The lowest BCUT2D eigenvalue weighted by Crippen LogP contribution is -2.24. The van der Waals surface area contributed by atoms with Crippen LogP contribution in [-0.2, 0) is 17.8 Å². The van der Waals surface area contributed by atoms with Crippen LogP contribution in [0.5, 0.6) is 0 Å². The first kappa shape index (κ1) is 13.3. The Morgan fingerprint density at radius 3 is 2.63 bits per heavy atom. The molecule has 0 saturated heterocycles. The second-order valence-corrected chi connectivity index (χ2v) is 4.62. The number of oxazole rings is 1. The van der Waals surface area contributed by atoms with Crippen LogP contribution in [0.15, 0.2) is 28.7 Å². The number of carbonyl (C=O) groups excluding carboxylic acids is 1. The number of aromatic nitrogens is 1. The van der Waals surface area contributed by atoms with Crippen LogP contribution >= 0.6 is 0 Å². The molecule has 0 fully saturated rings. The van der Waals surface area contributed by atoms with E-state index < -0.39 is 0 Å². The van der Waals surface area contributed by atoms with Gasteiger partial charge in [-0.05, 0) is 25.0 Å². The monoisotopic (exact) mass is 258 g/mol. The highest BCUT2D eigenvalue weighted by Crippen LogP contribution is 2.10. The van der Waals surface area contributed by atoms with E-state index in [-0.39, 0.29) is 5.91 Å². The van der Waals surface area contributed by atoms with Crippen molar-refractivity contribution < 1.29 is 9.21 Å². The molecular weight excluding hydrogens is 240 g/mol. The van der Waals surface area contributed by atoms with Gasteiger partial charge in [0.25, 0.3) is 0 Å². The average molecular weight is 258 g/mol. The van der Waals surface area contributed by atoms with Gasteiger partial charge in [-0.3, -0.25) is 4.79 Å². The van der Waals surface area contributed by atoms with Gasteiger partial charge in [-0.25, -0.2) is 4.98 Å². The number of carbonyl (C=O) groups is 1. The molecule has 0 aliphatic rings. The topological polar surface area (TPSA) is 55.1 Å². The lowest BCUT2D eigenvalue weighted by atomic mass is 10.1. The van der Waals surface area contributed by atoms with E-state index in [1.165, 1.54) is 0 Å². The Morgan fingerprint density at radius 2 is 2.00 bits per heavy atom. The molecule has 1 amide bonds. The molecule has 0 aliphatic carbocycles. The average Bonchev–Trinajstić information content (AvgIpc) is 2.68. The van der Waals surface area contributed by atoms with E-state index in [2.05, 4.69) is 10.3 Å². The Balaban J connectivity index is 1.92. The minimum atomic E-state index is -0.0113. The van der Waals surface area contributed by atoms with Gasteiger partial charge in [-0.15, -0.1) is 0 Å². The first-order chi connectivity index (χ1) is 9.06. The largest absolute Gasteiger partial charge is 0.444 e. The van der Waals surface area contributed by atoms with Crippen molar-refractivity contribution in [2.24, 2.45) is 0 Å². The van der Waals surface area contributed by atoms with Gasteiger partial charge in [-0.1, -0.05) is 24.3 Å². The van der Waals surface area contributed by atoms with E-state index in [0.29, 0.717) is 18.9 Å². The third-order valence-corrected chi connectivity index (χ3v) is 3.06. The van der Waals surface area contributed by atoms with Crippen LogP contribution in [0.25, 0.3) is 0 Å². The molecule has 1 aromatic heterocycles. The van der Waals surface area contributed by atoms with Crippen LogP contribution < -0.4 is 5.32 Å². The Labute approximate surface area is 112 Å². The number of aryl methyl sites for hydroxylation is 3. The fourth-order valence-electron chi connectivity index (χ4n) is 1.96. The Kier molecular flexibility index (Phi) is 4.00. The van der Waals surface area contributed by atoms with Gasteiger partial charge >= 0.3 is 0 Å². The normalized spacial score (nSPS) is 10.5. The van der Waals surface area contributed by atoms with Gasteiger partial charge in [0.15, 0.2) is 5.89 Å². The summed E-state index contributed by atoms with van der Waals surface area (Å²) in [5.41, 5.74) is 3.00. The Morgan fingerprint density at radius 1 is 1.26 bits per heavy atom. The smallest absolute Gasteiger partial charge is 0.224 e. The third-order valence-electron chi connectivity index (χ3n) is 3.06. The predicted molar refractivity (Wildman–Crippen MR) is 72.7 cm³/mol. The Bertz CT molecular complexity index is 588. The molecule has 2 aromatic rings. The summed E-state index contributed by atoms with van der Waals surface area (Å²) in [5, 5.41) is 2.86. The number of hydrogen-bond acceptors (Lipinski definition) is 3. The molecule has 1 heterocycles. The second kappa shape index (κ2) is 5.69. The van der Waals surface area contributed by atoms with Gasteiger partial charge in [-0.2, -0.15) is 0 Å². The number of nitrogens with one attached hydrogen (secondary N) is 1. The molecule has 0 atom stereocenters. The molecule has 1 N–H and O–H groups in total. The van der Waals surface area contributed by atoms with Crippen molar-refractivity contribution in [3.63, 3.8) is 0 Å². The second-order valence-electron chi connectivity index (χ2n) is 4.62. The van der Waals surface area contributed by atoms with E-state index in [1.807, 2.05) is 38.1 Å². The molecule has 1 aromatic carbocycles. The molecule has 0 radical (unpaired) electrons. The van der Waals surface area contributed by atoms with Gasteiger partial charge in [0.1, 0.15) is 5.76 Å². The first-order valence-electron chi connectivity index (χ1n) is 6.30. The van der Waals surface area contributed by atoms with Gasteiger partial charge in [0.2, 0.25) is 5.91 Å². The summed E-state index contributed by atoms with van der Waals surface area (Å²) in [6.45, 7) is 6.06. The van der Waals surface area contributed by atoms with Crippen LogP contribution in [0.3, 0.4) is 0 Å². The summed E-state index contributed by atoms with van der Waals surface area (Å²) >= 11 is 0. The standard InChI is InChI=1S/C15H18N2O2/c1-10-6-4-5-7-13(10)8-15(18)16-9-14-11(2)17-12(3)19-14/h4-7H,8-9H2,1-3H3,(H,16,18). The molecule has 0 saturated carbocycles. The van der Waals surface area contributed by atoms with Gasteiger partial charge < -0.3 is 9.73 Å². The summed E-state index contributed by atoms with van der Waals surface area (Å²) in [4.78, 5) is 16.1. The highest BCUT2D eigenvalue weighted by atomic mass is 16.4. The van der Waals surface area contributed by atoms with Crippen LogP contribution in [0.2, 0.25) is 0 Å².